The van der Waals surface area contributed by atoms with Gasteiger partial charge in [-0.2, -0.15) is 0 Å². The van der Waals surface area contributed by atoms with E-state index in [0.29, 0.717) is 12.2 Å². The SMILES string of the molecule is C=C1CC/C=C(\C)CC[C@@H]2/C(=C\C=C\C(C)(C)O)C(=O)OC[C@@H]12. The number of hydrogen-bond acceptors (Lipinski definition) is 3. The topological polar surface area (TPSA) is 46.5 Å². The average Bonchev–Trinajstić information content (AvgIpc) is 2.51. The number of carbonyl (C=O) groups excluding carboxylic acids is 1. The van der Waals surface area contributed by atoms with Crippen LogP contribution in [0.4, 0.5) is 0 Å². The Balaban J connectivity index is 2.29. The van der Waals surface area contributed by atoms with Gasteiger partial charge in [-0.25, -0.2) is 4.79 Å². The standard InChI is InChI=1S/C20H28O3/c1-14-7-5-8-15(2)18-13-23-19(21)17(16(18)11-10-14)9-6-12-20(3,4)22/h6-7,9,12,16,18,22H,2,5,8,10-11,13H2,1,3-4H3/b12-6+,14-7+,17-9+/t16-,18+/m1/s1. The van der Waals surface area contributed by atoms with Gasteiger partial charge in [0.25, 0.3) is 0 Å². The van der Waals surface area contributed by atoms with Crippen LogP contribution >= 0.6 is 0 Å². The molecule has 23 heavy (non-hydrogen) atoms. The molecule has 0 aromatic rings. The monoisotopic (exact) mass is 316 g/mol. The van der Waals surface area contributed by atoms with Gasteiger partial charge in [-0.15, -0.1) is 0 Å². The van der Waals surface area contributed by atoms with Gasteiger partial charge in [0.05, 0.1) is 12.2 Å². The molecule has 3 nitrogen and oxygen atoms in total. The maximum Gasteiger partial charge on any atom is 0.334 e. The van der Waals surface area contributed by atoms with E-state index >= 15 is 0 Å². The summed E-state index contributed by atoms with van der Waals surface area (Å²) in [7, 11) is 0. The van der Waals surface area contributed by atoms with Crippen LogP contribution in [0.25, 0.3) is 0 Å². The molecule has 0 aromatic heterocycles. The molecule has 0 bridgehead atoms. The Morgan fingerprint density at radius 1 is 1.35 bits per heavy atom. The molecule has 126 valence electrons. The Labute approximate surface area is 139 Å². The van der Waals surface area contributed by atoms with Gasteiger partial charge in [-0.1, -0.05) is 42.0 Å². The number of carbonyl (C=O) groups is 1. The van der Waals surface area contributed by atoms with Gasteiger partial charge < -0.3 is 9.84 Å². The molecule has 1 heterocycles. The molecule has 1 aliphatic heterocycles. The molecule has 1 saturated heterocycles. The number of allylic oxidation sites excluding steroid dienone is 4. The van der Waals surface area contributed by atoms with Gasteiger partial charge in [0.1, 0.15) is 0 Å². The van der Waals surface area contributed by atoms with E-state index < -0.39 is 5.60 Å². The zero-order chi connectivity index (χ0) is 17.0. The lowest BCUT2D eigenvalue weighted by molar-refractivity contribution is -0.144. The second-order valence-electron chi connectivity index (χ2n) is 7.23. The number of fused-ring (bicyclic) bond motifs is 1. The van der Waals surface area contributed by atoms with Crippen molar-refractivity contribution < 1.29 is 14.6 Å². The van der Waals surface area contributed by atoms with E-state index in [9.17, 15) is 9.90 Å². The van der Waals surface area contributed by atoms with E-state index in [1.54, 1.807) is 32.1 Å². The summed E-state index contributed by atoms with van der Waals surface area (Å²) < 4.78 is 5.40. The number of ether oxygens (including phenoxy) is 1. The summed E-state index contributed by atoms with van der Waals surface area (Å²) in [5.74, 6) is 0.116. The van der Waals surface area contributed by atoms with Crippen LogP contribution < -0.4 is 0 Å². The van der Waals surface area contributed by atoms with Crippen molar-refractivity contribution in [2.24, 2.45) is 11.8 Å². The summed E-state index contributed by atoms with van der Waals surface area (Å²) in [5.41, 5.74) is 2.36. The van der Waals surface area contributed by atoms with Crippen LogP contribution in [-0.4, -0.2) is 23.3 Å². The molecular formula is C20H28O3. The summed E-state index contributed by atoms with van der Waals surface area (Å²) in [5, 5.41) is 9.79. The Bertz CT molecular complexity index is 558. The summed E-state index contributed by atoms with van der Waals surface area (Å²) in [6.45, 7) is 10.2. The number of rotatable bonds is 2. The molecule has 2 atom stereocenters. The Hall–Kier alpha value is -1.61. The lowest BCUT2D eigenvalue weighted by Crippen LogP contribution is -2.34. The third-order valence-corrected chi connectivity index (χ3v) is 4.63. The van der Waals surface area contributed by atoms with E-state index in [2.05, 4.69) is 19.6 Å². The highest BCUT2D eigenvalue weighted by Crippen LogP contribution is 2.38. The van der Waals surface area contributed by atoms with E-state index in [1.807, 2.05) is 0 Å². The molecule has 0 saturated carbocycles. The molecular weight excluding hydrogens is 288 g/mol. The van der Waals surface area contributed by atoms with Gasteiger partial charge in [0.2, 0.25) is 0 Å². The molecule has 1 fully saturated rings. The lowest BCUT2D eigenvalue weighted by atomic mass is 9.76. The van der Waals surface area contributed by atoms with Crippen LogP contribution in [0.5, 0.6) is 0 Å². The zero-order valence-electron chi connectivity index (χ0n) is 14.5. The van der Waals surface area contributed by atoms with Crippen molar-refractivity contribution in [3.05, 3.63) is 47.6 Å². The number of aliphatic hydroxyl groups is 1. The maximum atomic E-state index is 12.2. The molecule has 0 spiro atoms. The van der Waals surface area contributed by atoms with E-state index in [0.717, 1.165) is 25.7 Å². The summed E-state index contributed by atoms with van der Waals surface area (Å²) in [6.07, 6.45) is 11.4. The first-order valence-corrected chi connectivity index (χ1v) is 8.40. The van der Waals surface area contributed by atoms with E-state index in [1.165, 1.54) is 11.1 Å². The smallest absolute Gasteiger partial charge is 0.334 e. The van der Waals surface area contributed by atoms with Crippen molar-refractivity contribution in [2.75, 3.05) is 6.61 Å². The quantitative estimate of drug-likeness (QED) is 0.474. The molecule has 1 aliphatic carbocycles. The van der Waals surface area contributed by atoms with Gasteiger partial charge in [0.15, 0.2) is 0 Å². The van der Waals surface area contributed by atoms with Crippen molar-refractivity contribution in [3.63, 3.8) is 0 Å². The van der Waals surface area contributed by atoms with Crippen molar-refractivity contribution >= 4 is 5.97 Å². The van der Waals surface area contributed by atoms with Crippen molar-refractivity contribution in [2.45, 2.75) is 52.1 Å². The number of hydrogen-bond donors (Lipinski definition) is 1. The van der Waals surface area contributed by atoms with Crippen LogP contribution in [0, 0.1) is 11.8 Å². The molecule has 0 radical (unpaired) electrons. The third-order valence-electron chi connectivity index (χ3n) is 4.63. The highest BCUT2D eigenvalue weighted by atomic mass is 16.5. The average molecular weight is 316 g/mol. The van der Waals surface area contributed by atoms with Gasteiger partial charge in [-0.3, -0.25) is 0 Å². The fraction of sp³-hybridized carbons (Fsp3) is 0.550. The van der Waals surface area contributed by atoms with Gasteiger partial charge >= 0.3 is 5.97 Å². The van der Waals surface area contributed by atoms with Crippen LogP contribution in [0.15, 0.2) is 47.6 Å². The molecule has 0 aromatic carbocycles. The summed E-state index contributed by atoms with van der Waals surface area (Å²) in [4.78, 5) is 12.2. The summed E-state index contributed by atoms with van der Waals surface area (Å²) >= 11 is 0. The number of esters is 1. The first kappa shape index (κ1) is 17.7. The number of cyclic esters (lactones) is 1. The van der Waals surface area contributed by atoms with Gasteiger partial charge in [0, 0.05) is 17.4 Å². The minimum absolute atomic E-state index is 0.150. The minimum atomic E-state index is -0.892. The molecule has 1 N–H and O–H groups in total. The van der Waals surface area contributed by atoms with E-state index in [-0.39, 0.29) is 17.8 Å². The molecule has 0 amide bonds. The van der Waals surface area contributed by atoms with Crippen molar-refractivity contribution in [1.29, 1.82) is 0 Å². The minimum Gasteiger partial charge on any atom is -0.462 e. The van der Waals surface area contributed by atoms with Crippen LogP contribution in [0.1, 0.15) is 46.5 Å². The largest absolute Gasteiger partial charge is 0.462 e. The zero-order valence-corrected chi connectivity index (χ0v) is 14.5. The Morgan fingerprint density at radius 2 is 2.09 bits per heavy atom. The van der Waals surface area contributed by atoms with Gasteiger partial charge in [-0.05, 0) is 46.5 Å². The molecule has 2 aliphatic rings. The predicted octanol–water partition coefficient (Wildman–Crippen LogP) is 4.11. The highest BCUT2D eigenvalue weighted by Gasteiger charge is 2.36. The Kier molecular flexibility index (Phi) is 5.64. The first-order chi connectivity index (χ1) is 10.8. The second kappa shape index (κ2) is 7.31. The Morgan fingerprint density at radius 3 is 2.78 bits per heavy atom. The summed E-state index contributed by atoms with van der Waals surface area (Å²) in [6, 6.07) is 0. The molecule has 3 heteroatoms. The second-order valence-corrected chi connectivity index (χ2v) is 7.23. The van der Waals surface area contributed by atoms with Crippen molar-refractivity contribution in [3.8, 4) is 0 Å². The fourth-order valence-corrected chi connectivity index (χ4v) is 3.25. The molecule has 0 unspecified atom stereocenters. The van der Waals surface area contributed by atoms with Crippen LogP contribution in [-0.2, 0) is 9.53 Å². The first-order valence-electron chi connectivity index (χ1n) is 8.40. The van der Waals surface area contributed by atoms with Crippen LogP contribution in [0.3, 0.4) is 0 Å². The van der Waals surface area contributed by atoms with Crippen LogP contribution in [0.2, 0.25) is 0 Å². The van der Waals surface area contributed by atoms with E-state index in [4.69, 9.17) is 4.74 Å². The molecule has 2 rings (SSSR count). The van der Waals surface area contributed by atoms with Crippen molar-refractivity contribution in [1.82, 2.24) is 0 Å². The fourth-order valence-electron chi connectivity index (χ4n) is 3.25. The normalized spacial score (nSPS) is 31.0. The third kappa shape index (κ3) is 4.93. The highest BCUT2D eigenvalue weighted by molar-refractivity contribution is 5.90. The lowest BCUT2D eigenvalue weighted by Gasteiger charge is -2.34. The predicted molar refractivity (Wildman–Crippen MR) is 92.8 cm³/mol. The maximum absolute atomic E-state index is 12.2.